The predicted molar refractivity (Wildman–Crippen MR) is 152 cm³/mol. The number of carbonyl (C=O) groups excluding carboxylic acids is 3. The number of halogens is 6. The molecule has 236 valence electrons. The Morgan fingerprint density at radius 3 is 1.84 bits per heavy atom. The molecule has 0 saturated carbocycles. The van der Waals surface area contributed by atoms with E-state index in [2.05, 4.69) is 21.2 Å². The van der Waals surface area contributed by atoms with Gasteiger partial charge in [0, 0.05) is 29.9 Å². The molecule has 1 atom stereocenters. The van der Waals surface area contributed by atoms with Gasteiger partial charge in [0.15, 0.2) is 5.11 Å². The third-order valence-corrected chi connectivity index (χ3v) is 5.57. The van der Waals surface area contributed by atoms with E-state index >= 15 is 0 Å². The number of ketones is 2. The van der Waals surface area contributed by atoms with Crippen LogP contribution in [0.25, 0.3) is 0 Å². The van der Waals surface area contributed by atoms with Crippen LogP contribution in [0, 0.1) is 0 Å². The van der Waals surface area contributed by atoms with Gasteiger partial charge >= 0.3 is 18.4 Å². The topological polar surface area (TPSA) is 149 Å². The Morgan fingerprint density at radius 1 is 0.953 bits per heavy atom. The molecule has 0 spiro atoms. The van der Waals surface area contributed by atoms with Gasteiger partial charge in [0.25, 0.3) is 5.72 Å². The zero-order chi connectivity index (χ0) is 32.8. The average molecular weight is 637 g/mol. The van der Waals surface area contributed by atoms with E-state index in [1.165, 1.54) is 19.1 Å². The van der Waals surface area contributed by atoms with Gasteiger partial charge in [-0.2, -0.15) is 36.5 Å². The first kappa shape index (κ1) is 36.9. The lowest BCUT2D eigenvalue weighted by Crippen LogP contribution is -2.57. The quantitative estimate of drug-likeness (QED) is 0.0947. The number of hydrogen-bond donors (Lipinski definition) is 5. The number of alkyl halides is 6. The average Bonchev–Trinajstić information content (AvgIpc) is 3.32. The van der Waals surface area contributed by atoms with Crippen molar-refractivity contribution in [3.8, 4) is 0 Å². The summed E-state index contributed by atoms with van der Waals surface area (Å²) < 4.78 is 73.5. The van der Waals surface area contributed by atoms with Crippen molar-refractivity contribution >= 4 is 52.0 Å². The molecule has 43 heavy (non-hydrogen) atoms. The van der Waals surface area contributed by atoms with E-state index in [1.54, 1.807) is 25.1 Å². The fourth-order valence-corrected chi connectivity index (χ4v) is 3.16. The third-order valence-electron chi connectivity index (χ3n) is 5.35. The van der Waals surface area contributed by atoms with E-state index in [9.17, 15) is 45.8 Å². The number of aliphatic hydroxyl groups is 1. The Balaban J connectivity index is 0.000000356. The van der Waals surface area contributed by atoms with Gasteiger partial charge in [-0.15, -0.1) is 0 Å². The van der Waals surface area contributed by atoms with Crippen molar-refractivity contribution in [1.29, 1.82) is 0 Å². The molecule has 0 aliphatic carbocycles. The van der Waals surface area contributed by atoms with Crippen LogP contribution < -0.4 is 21.9 Å². The highest BCUT2D eigenvalue weighted by molar-refractivity contribution is 7.80. The summed E-state index contributed by atoms with van der Waals surface area (Å²) in [4.78, 5) is 32.4. The molecular formula is C26H30F6N6O4S. The molecule has 2 aromatic carbocycles. The first-order valence-electron chi connectivity index (χ1n) is 12.4. The van der Waals surface area contributed by atoms with Crippen LogP contribution in [0.15, 0.2) is 65.8 Å². The molecule has 0 fully saturated rings. The van der Waals surface area contributed by atoms with Gasteiger partial charge in [-0.25, -0.2) is 10.6 Å². The van der Waals surface area contributed by atoms with Crippen molar-refractivity contribution < 1.29 is 45.8 Å². The number of Topliss-reactive ketones (excluding diaryl/α,β-unsaturated/α-hetero) is 2. The molecule has 0 saturated heterocycles. The Kier molecular flexibility index (Phi) is 14.2. The zero-order valence-corrected chi connectivity index (χ0v) is 23.7. The molecule has 2 aromatic rings. The van der Waals surface area contributed by atoms with Gasteiger partial charge < -0.3 is 21.2 Å². The lowest BCUT2D eigenvalue weighted by Gasteiger charge is -2.32. The second-order valence-corrected chi connectivity index (χ2v) is 8.98. The van der Waals surface area contributed by atoms with Crippen molar-refractivity contribution in [2.75, 3.05) is 10.6 Å². The first-order valence-corrected chi connectivity index (χ1v) is 12.8. The fourth-order valence-electron chi connectivity index (χ4n) is 3.04. The van der Waals surface area contributed by atoms with E-state index < -0.39 is 48.5 Å². The molecule has 6 N–H and O–H groups in total. The molecule has 1 aliphatic heterocycles. The van der Waals surface area contributed by atoms with Gasteiger partial charge in [-0.05, 0) is 42.9 Å². The predicted octanol–water partition coefficient (Wildman–Crippen LogP) is 5.27. The van der Waals surface area contributed by atoms with Gasteiger partial charge in [-0.3, -0.25) is 9.59 Å². The lowest BCUT2D eigenvalue weighted by molar-refractivity contribution is -0.296. The third kappa shape index (κ3) is 12.0. The minimum Gasteiger partial charge on any atom is -0.362 e. The molecule has 1 unspecified atom stereocenters. The highest BCUT2D eigenvalue weighted by Gasteiger charge is 2.63. The molecule has 3 rings (SSSR count). The van der Waals surface area contributed by atoms with E-state index in [4.69, 9.17) is 18.1 Å². The zero-order valence-electron chi connectivity index (χ0n) is 22.9. The number of thiocarbonyl (C=S) groups is 1. The summed E-state index contributed by atoms with van der Waals surface area (Å²) in [6.07, 6.45) is -11.5. The Hall–Kier alpha value is -4.09. The summed E-state index contributed by atoms with van der Waals surface area (Å²) in [5, 5.41) is 19.1. The molecule has 2 amide bonds. The summed E-state index contributed by atoms with van der Waals surface area (Å²) >= 11 is 4.79. The number of benzene rings is 2. The Morgan fingerprint density at radius 2 is 1.44 bits per heavy atom. The maximum atomic E-state index is 13.1. The number of nitrogens with one attached hydrogen (secondary N) is 3. The van der Waals surface area contributed by atoms with Gasteiger partial charge in [0.1, 0.15) is 5.78 Å². The number of para-hydroxylation sites is 2. The largest absolute Gasteiger partial charge is 0.450 e. The van der Waals surface area contributed by atoms with E-state index in [1.807, 2.05) is 30.3 Å². The molecule has 1 heterocycles. The van der Waals surface area contributed by atoms with Crippen LogP contribution in [-0.2, 0) is 9.59 Å². The van der Waals surface area contributed by atoms with Gasteiger partial charge in [-0.1, -0.05) is 50.2 Å². The highest BCUT2D eigenvalue weighted by Crippen LogP contribution is 2.40. The Labute approximate surface area is 248 Å². The summed E-state index contributed by atoms with van der Waals surface area (Å²) in [6, 6.07) is 16.4. The number of nitrogens with two attached hydrogens (primary N) is 1. The molecule has 10 nitrogen and oxygen atoms in total. The number of carbonyl (C=O) groups is 3. The number of urea groups is 1. The monoisotopic (exact) mass is 636 g/mol. The number of hydrazone groups is 1. The number of hydrogen-bond acceptors (Lipinski definition) is 7. The van der Waals surface area contributed by atoms with Crippen molar-refractivity contribution in [2.24, 2.45) is 10.9 Å². The second kappa shape index (κ2) is 16.5. The van der Waals surface area contributed by atoms with Crippen LogP contribution in [0.5, 0.6) is 0 Å². The lowest BCUT2D eigenvalue weighted by atomic mass is 10.1. The second-order valence-electron chi connectivity index (χ2n) is 8.57. The SMILES string of the molecule is CCC(=O)CC(=O)C(F)(F)F.CCC1=NN(C(=O)Nc2ccccc2)C(O)(C(F)(F)F)C1.NNC(=S)Nc1ccccc1. The maximum absolute atomic E-state index is 13.1. The smallest absolute Gasteiger partial charge is 0.362 e. The summed E-state index contributed by atoms with van der Waals surface area (Å²) in [5.74, 6) is 2.41. The van der Waals surface area contributed by atoms with Gasteiger partial charge in [0.2, 0.25) is 5.78 Å². The van der Waals surface area contributed by atoms with Crippen molar-refractivity contribution in [2.45, 2.75) is 57.6 Å². The number of amides is 2. The maximum Gasteiger partial charge on any atom is 0.450 e. The fraction of sp³-hybridized carbons (Fsp3) is 0.346. The normalized spacial score (nSPS) is 16.0. The van der Waals surface area contributed by atoms with E-state index in [-0.39, 0.29) is 23.6 Å². The molecular weight excluding hydrogens is 606 g/mol. The first-order chi connectivity index (χ1) is 20.0. The number of hydrazine groups is 1. The number of nitrogens with zero attached hydrogens (tertiary/aromatic N) is 2. The summed E-state index contributed by atoms with van der Waals surface area (Å²) in [5.41, 5.74) is 0.373. The Bertz CT molecular complexity index is 1260. The van der Waals surface area contributed by atoms with Crippen LogP contribution in [0.2, 0.25) is 0 Å². The molecule has 0 aromatic heterocycles. The molecule has 0 radical (unpaired) electrons. The van der Waals surface area contributed by atoms with Crippen LogP contribution in [-0.4, -0.2) is 56.6 Å². The van der Waals surface area contributed by atoms with E-state index in [0.717, 1.165) is 5.69 Å². The molecule has 0 bridgehead atoms. The molecule has 17 heteroatoms. The van der Waals surface area contributed by atoms with Gasteiger partial charge in [0.05, 0.1) is 6.42 Å². The van der Waals surface area contributed by atoms with Crippen molar-refractivity contribution in [3.63, 3.8) is 0 Å². The van der Waals surface area contributed by atoms with Crippen molar-refractivity contribution in [3.05, 3.63) is 60.7 Å². The highest BCUT2D eigenvalue weighted by atomic mass is 32.1. The van der Waals surface area contributed by atoms with Crippen molar-refractivity contribution in [1.82, 2.24) is 10.4 Å². The van der Waals surface area contributed by atoms with Crippen LogP contribution in [0.1, 0.15) is 39.5 Å². The van der Waals surface area contributed by atoms with Crippen LogP contribution in [0.3, 0.4) is 0 Å². The minimum absolute atomic E-state index is 0.0399. The minimum atomic E-state index is -5.00. The van der Waals surface area contributed by atoms with Crippen LogP contribution in [0.4, 0.5) is 42.5 Å². The summed E-state index contributed by atoms with van der Waals surface area (Å²) in [6.45, 7) is 3.01. The standard InChI is InChI=1S/C13H14F3N3O2.C7H9N3S.C6H7F3O2/c1-2-9-8-12(21,13(14,15)16)19(18-9)11(20)17-10-6-4-3-5-7-10;8-10-7(11)9-6-4-2-1-3-5-6;1-2-4(10)3-5(11)6(7,8)9/h3-7,21H,2,8H2,1H3,(H,17,20);1-5H,8H2,(H2,9,10,11);2-3H2,1H3. The van der Waals surface area contributed by atoms with E-state index in [0.29, 0.717) is 10.8 Å². The number of anilines is 2. The summed E-state index contributed by atoms with van der Waals surface area (Å²) in [7, 11) is 0. The van der Waals surface area contributed by atoms with Crippen LogP contribution >= 0.6 is 12.2 Å². The molecule has 1 aliphatic rings. The number of rotatable bonds is 6.